The van der Waals surface area contributed by atoms with E-state index in [1.165, 1.54) is 8.27 Å². The zero-order valence-electron chi connectivity index (χ0n) is 5.97. The summed E-state index contributed by atoms with van der Waals surface area (Å²) in [5.74, 6) is 0. The van der Waals surface area contributed by atoms with Gasteiger partial charge in [-0.1, -0.05) is 0 Å². The van der Waals surface area contributed by atoms with Crippen LogP contribution in [0.1, 0.15) is 0 Å². The van der Waals surface area contributed by atoms with Gasteiger partial charge in [-0.3, -0.25) is 0 Å². The minimum absolute atomic E-state index is 0.846. The highest BCUT2D eigenvalue weighted by Crippen LogP contribution is 2.36. The van der Waals surface area contributed by atoms with Gasteiger partial charge in [-0.2, -0.15) is 0 Å². The molecule has 4 heteroatoms. The van der Waals surface area contributed by atoms with Gasteiger partial charge in [0.1, 0.15) is 0 Å². The first kappa shape index (κ1) is 8.77. The molecule has 0 saturated carbocycles. The van der Waals surface area contributed by atoms with Gasteiger partial charge in [0, 0.05) is 24.5 Å². The van der Waals surface area contributed by atoms with Crippen LogP contribution in [0.25, 0.3) is 10.1 Å². The van der Waals surface area contributed by atoms with Crippen molar-refractivity contribution in [2.75, 3.05) is 5.73 Å². The second-order valence-corrected chi connectivity index (χ2v) is 5.32. The smallest absolute Gasteiger partial charge is 0.0508 e. The largest absolute Gasteiger partial charge is 0.398 e. The van der Waals surface area contributed by atoms with Crippen molar-refractivity contribution in [1.82, 2.24) is 0 Å². The van der Waals surface area contributed by atoms with Crippen molar-refractivity contribution in [3.8, 4) is 0 Å². The maximum atomic E-state index is 5.84. The van der Waals surface area contributed by atoms with Crippen LogP contribution in [0.5, 0.6) is 0 Å². The molecule has 0 amide bonds. The normalized spacial score (nSPS) is 10.8. The Balaban J connectivity index is 2.98. The van der Waals surface area contributed by atoms with E-state index >= 15 is 0 Å². The highest BCUT2D eigenvalue weighted by Gasteiger charge is 2.07. The molecule has 2 aromatic rings. The standard InChI is InChI=1S/C8H5BrINS/c9-4-3-12-8-5(10)1-2-6(11)7(4)8/h1-3H,11H2. The molecule has 0 unspecified atom stereocenters. The molecular weight excluding hydrogens is 349 g/mol. The first-order chi connectivity index (χ1) is 5.70. The third kappa shape index (κ3) is 1.25. The number of benzene rings is 1. The maximum Gasteiger partial charge on any atom is 0.0508 e. The summed E-state index contributed by atoms with van der Waals surface area (Å²) >= 11 is 7.52. The van der Waals surface area contributed by atoms with Crippen LogP contribution in [0.3, 0.4) is 0 Å². The van der Waals surface area contributed by atoms with Crippen molar-refractivity contribution in [3.63, 3.8) is 0 Å². The van der Waals surface area contributed by atoms with E-state index in [1.807, 2.05) is 12.1 Å². The Hall–Kier alpha value is 0.190. The van der Waals surface area contributed by atoms with Crippen LogP contribution in [0.2, 0.25) is 0 Å². The summed E-state index contributed by atoms with van der Waals surface area (Å²) in [5, 5.41) is 3.22. The molecule has 0 aliphatic carbocycles. The van der Waals surface area contributed by atoms with Gasteiger partial charge < -0.3 is 5.73 Å². The number of anilines is 1. The molecule has 12 heavy (non-hydrogen) atoms. The number of hydrogen-bond acceptors (Lipinski definition) is 2. The molecule has 62 valence electrons. The molecular formula is C8H5BrINS. The highest BCUT2D eigenvalue weighted by atomic mass is 127. The minimum atomic E-state index is 0.846. The number of nitrogens with two attached hydrogens (primary N) is 1. The highest BCUT2D eigenvalue weighted by molar-refractivity contribution is 14.1. The number of thiophene rings is 1. The summed E-state index contributed by atoms with van der Waals surface area (Å²) in [6.45, 7) is 0. The molecule has 1 nitrogen and oxygen atoms in total. The van der Waals surface area contributed by atoms with Gasteiger partial charge >= 0.3 is 0 Å². The van der Waals surface area contributed by atoms with E-state index in [1.54, 1.807) is 11.3 Å². The molecule has 0 radical (unpaired) electrons. The topological polar surface area (TPSA) is 26.0 Å². The average Bonchev–Trinajstić information content (AvgIpc) is 2.42. The Bertz CT molecular complexity index is 438. The van der Waals surface area contributed by atoms with Crippen LogP contribution in [-0.2, 0) is 0 Å². The van der Waals surface area contributed by atoms with Crippen LogP contribution in [0.4, 0.5) is 5.69 Å². The Morgan fingerprint density at radius 1 is 1.42 bits per heavy atom. The molecule has 0 saturated heterocycles. The molecule has 0 fully saturated rings. The van der Waals surface area contributed by atoms with Crippen molar-refractivity contribution in [3.05, 3.63) is 25.6 Å². The number of fused-ring (bicyclic) bond motifs is 1. The fourth-order valence-electron chi connectivity index (χ4n) is 1.10. The van der Waals surface area contributed by atoms with Gasteiger partial charge in [0.2, 0.25) is 0 Å². The minimum Gasteiger partial charge on any atom is -0.398 e. The fraction of sp³-hybridized carbons (Fsp3) is 0. The van der Waals surface area contributed by atoms with E-state index in [0.717, 1.165) is 15.5 Å². The molecule has 1 aromatic carbocycles. The van der Waals surface area contributed by atoms with Gasteiger partial charge in [0.15, 0.2) is 0 Å². The molecule has 0 spiro atoms. The Morgan fingerprint density at radius 2 is 2.17 bits per heavy atom. The second kappa shape index (κ2) is 3.16. The van der Waals surface area contributed by atoms with E-state index in [9.17, 15) is 0 Å². The zero-order valence-corrected chi connectivity index (χ0v) is 10.5. The van der Waals surface area contributed by atoms with E-state index in [-0.39, 0.29) is 0 Å². The summed E-state index contributed by atoms with van der Waals surface area (Å²) in [6.07, 6.45) is 0. The Kier molecular flexibility index (Phi) is 2.31. The molecule has 2 rings (SSSR count). The molecule has 1 aromatic heterocycles. The average molecular weight is 354 g/mol. The monoisotopic (exact) mass is 353 g/mol. The third-order valence-electron chi connectivity index (χ3n) is 1.66. The van der Waals surface area contributed by atoms with E-state index in [2.05, 4.69) is 43.9 Å². The predicted molar refractivity (Wildman–Crippen MR) is 66.7 cm³/mol. The Morgan fingerprint density at radius 3 is 2.83 bits per heavy atom. The van der Waals surface area contributed by atoms with Gasteiger partial charge in [-0.15, -0.1) is 11.3 Å². The predicted octanol–water partition coefficient (Wildman–Crippen LogP) is 3.85. The van der Waals surface area contributed by atoms with Gasteiger partial charge in [-0.05, 0) is 50.7 Å². The summed E-state index contributed by atoms with van der Waals surface area (Å²) in [5.41, 5.74) is 6.69. The first-order valence-electron chi connectivity index (χ1n) is 3.31. The lowest BCUT2D eigenvalue weighted by Crippen LogP contribution is -1.85. The molecule has 0 bridgehead atoms. The maximum absolute atomic E-state index is 5.84. The van der Waals surface area contributed by atoms with Crippen LogP contribution < -0.4 is 5.73 Å². The zero-order chi connectivity index (χ0) is 8.72. The number of hydrogen-bond donors (Lipinski definition) is 1. The van der Waals surface area contributed by atoms with Gasteiger partial charge in [-0.25, -0.2) is 0 Å². The first-order valence-corrected chi connectivity index (χ1v) is 6.06. The SMILES string of the molecule is Nc1ccc(I)c2scc(Br)c12. The lowest BCUT2D eigenvalue weighted by molar-refractivity contribution is 1.75. The summed E-state index contributed by atoms with van der Waals surface area (Å²) in [6, 6.07) is 3.99. The molecule has 1 heterocycles. The summed E-state index contributed by atoms with van der Waals surface area (Å²) in [7, 11) is 0. The number of rotatable bonds is 0. The molecule has 2 N–H and O–H groups in total. The second-order valence-electron chi connectivity index (χ2n) is 2.42. The van der Waals surface area contributed by atoms with E-state index in [0.29, 0.717) is 0 Å². The Labute approximate surface area is 96.2 Å². The fourth-order valence-corrected chi connectivity index (χ4v) is 3.64. The van der Waals surface area contributed by atoms with Crippen molar-refractivity contribution < 1.29 is 0 Å². The van der Waals surface area contributed by atoms with E-state index in [4.69, 9.17) is 5.73 Å². The van der Waals surface area contributed by atoms with E-state index < -0.39 is 0 Å². The van der Waals surface area contributed by atoms with Crippen LogP contribution in [-0.4, -0.2) is 0 Å². The molecule has 0 aliphatic rings. The van der Waals surface area contributed by atoms with Crippen molar-refractivity contribution >= 4 is 65.6 Å². The van der Waals surface area contributed by atoms with Gasteiger partial charge in [0.05, 0.1) is 4.70 Å². The number of halogens is 2. The van der Waals surface area contributed by atoms with Crippen molar-refractivity contribution in [2.24, 2.45) is 0 Å². The van der Waals surface area contributed by atoms with Crippen molar-refractivity contribution in [1.29, 1.82) is 0 Å². The van der Waals surface area contributed by atoms with Crippen LogP contribution in [0, 0.1) is 3.57 Å². The third-order valence-corrected chi connectivity index (χ3v) is 4.87. The van der Waals surface area contributed by atoms with Crippen LogP contribution >= 0.6 is 49.9 Å². The molecule has 0 atom stereocenters. The number of nitrogen functional groups attached to an aromatic ring is 1. The van der Waals surface area contributed by atoms with Crippen molar-refractivity contribution in [2.45, 2.75) is 0 Å². The molecule has 0 aliphatic heterocycles. The lowest BCUT2D eigenvalue weighted by atomic mass is 10.2. The van der Waals surface area contributed by atoms with Crippen LogP contribution in [0.15, 0.2) is 22.0 Å². The lowest BCUT2D eigenvalue weighted by Gasteiger charge is -1.98. The summed E-state index contributed by atoms with van der Waals surface area (Å²) < 4.78 is 3.62. The quantitative estimate of drug-likeness (QED) is 0.565. The summed E-state index contributed by atoms with van der Waals surface area (Å²) in [4.78, 5) is 0. The van der Waals surface area contributed by atoms with Gasteiger partial charge in [0.25, 0.3) is 0 Å².